The summed E-state index contributed by atoms with van der Waals surface area (Å²) < 4.78 is 7.17. The predicted molar refractivity (Wildman–Crippen MR) is 95.2 cm³/mol. The Morgan fingerprint density at radius 3 is 2.80 bits per heavy atom. The lowest BCUT2D eigenvalue weighted by atomic mass is 9.78. The number of carbonyl (C=O) groups is 1. The van der Waals surface area contributed by atoms with E-state index < -0.39 is 5.41 Å². The molecule has 0 bridgehead atoms. The average Bonchev–Trinajstić information content (AvgIpc) is 3.09. The third-order valence-electron chi connectivity index (χ3n) is 4.72. The fourth-order valence-corrected chi connectivity index (χ4v) is 3.21. The van der Waals surface area contributed by atoms with Crippen LogP contribution in [-0.4, -0.2) is 47.5 Å². The first-order chi connectivity index (χ1) is 12.2. The van der Waals surface area contributed by atoms with Crippen molar-refractivity contribution in [3.8, 4) is 0 Å². The second kappa shape index (κ2) is 8.22. The Balaban J connectivity index is 1.59. The SMILES string of the molecule is COCC1(C(=O)Nc2ccn(CCc3ccncc3)n2)CCNCC1. The number of hydrogen-bond acceptors (Lipinski definition) is 5. The maximum atomic E-state index is 12.8. The van der Waals surface area contributed by atoms with Gasteiger partial charge in [-0.3, -0.25) is 14.5 Å². The largest absolute Gasteiger partial charge is 0.384 e. The zero-order valence-electron chi connectivity index (χ0n) is 14.6. The number of amides is 1. The zero-order valence-corrected chi connectivity index (χ0v) is 14.6. The molecule has 7 nitrogen and oxygen atoms in total. The van der Waals surface area contributed by atoms with Crippen molar-refractivity contribution in [3.63, 3.8) is 0 Å². The minimum absolute atomic E-state index is 0.00441. The Morgan fingerprint density at radius 2 is 2.08 bits per heavy atom. The molecule has 0 saturated carbocycles. The van der Waals surface area contributed by atoms with E-state index in [1.54, 1.807) is 19.5 Å². The van der Waals surface area contributed by atoms with Crippen LogP contribution in [0.4, 0.5) is 5.82 Å². The second-order valence-corrected chi connectivity index (χ2v) is 6.49. The highest BCUT2D eigenvalue weighted by molar-refractivity contribution is 5.94. The van der Waals surface area contributed by atoms with Gasteiger partial charge in [0.05, 0.1) is 12.0 Å². The monoisotopic (exact) mass is 343 g/mol. The highest BCUT2D eigenvalue weighted by Crippen LogP contribution is 2.30. The molecule has 0 spiro atoms. The molecule has 7 heteroatoms. The van der Waals surface area contributed by atoms with Crippen molar-refractivity contribution < 1.29 is 9.53 Å². The molecule has 0 aromatic carbocycles. The van der Waals surface area contributed by atoms with E-state index in [1.807, 2.05) is 29.1 Å². The summed E-state index contributed by atoms with van der Waals surface area (Å²) in [7, 11) is 1.64. The van der Waals surface area contributed by atoms with Crippen LogP contribution < -0.4 is 10.6 Å². The number of aromatic nitrogens is 3. The molecule has 25 heavy (non-hydrogen) atoms. The molecular formula is C18H25N5O2. The van der Waals surface area contributed by atoms with Crippen LogP contribution in [0.15, 0.2) is 36.8 Å². The molecule has 3 rings (SSSR count). The molecule has 0 atom stereocenters. The van der Waals surface area contributed by atoms with Gasteiger partial charge in [0.25, 0.3) is 0 Å². The van der Waals surface area contributed by atoms with Gasteiger partial charge >= 0.3 is 0 Å². The van der Waals surface area contributed by atoms with Crippen molar-refractivity contribution in [3.05, 3.63) is 42.4 Å². The molecule has 1 aliphatic heterocycles. The standard InChI is InChI=1S/C18H25N5O2/c1-25-14-18(6-10-20-11-7-18)17(24)21-16-5-13-23(22-16)12-4-15-2-8-19-9-3-15/h2-3,5,8-9,13,20H,4,6-7,10-12,14H2,1H3,(H,21,22,24). The number of anilines is 1. The summed E-state index contributed by atoms with van der Waals surface area (Å²) in [6.45, 7) is 2.85. The van der Waals surface area contributed by atoms with Crippen LogP contribution in [0, 0.1) is 5.41 Å². The fourth-order valence-electron chi connectivity index (χ4n) is 3.21. The zero-order chi connectivity index (χ0) is 17.5. The molecule has 134 valence electrons. The number of rotatable bonds is 7. The Bertz CT molecular complexity index is 674. The second-order valence-electron chi connectivity index (χ2n) is 6.49. The first-order valence-electron chi connectivity index (χ1n) is 8.65. The molecule has 1 saturated heterocycles. The smallest absolute Gasteiger partial charge is 0.234 e. The van der Waals surface area contributed by atoms with E-state index in [9.17, 15) is 4.79 Å². The molecule has 0 aliphatic carbocycles. The van der Waals surface area contributed by atoms with E-state index in [-0.39, 0.29) is 5.91 Å². The number of methoxy groups -OCH3 is 1. The fraction of sp³-hybridized carbons (Fsp3) is 0.500. The van der Waals surface area contributed by atoms with Gasteiger partial charge in [-0.25, -0.2) is 0 Å². The lowest BCUT2D eigenvalue weighted by Crippen LogP contribution is -2.47. The summed E-state index contributed by atoms with van der Waals surface area (Å²) in [5.74, 6) is 0.587. The van der Waals surface area contributed by atoms with Gasteiger partial charge in [0, 0.05) is 38.3 Å². The van der Waals surface area contributed by atoms with Crippen LogP contribution in [0.25, 0.3) is 0 Å². The van der Waals surface area contributed by atoms with Crippen molar-refractivity contribution >= 4 is 11.7 Å². The topological polar surface area (TPSA) is 81.1 Å². The molecule has 2 aromatic heterocycles. The normalized spacial score (nSPS) is 16.5. The van der Waals surface area contributed by atoms with Gasteiger partial charge in [-0.2, -0.15) is 5.10 Å². The summed E-state index contributed by atoms with van der Waals surface area (Å²) in [5.41, 5.74) is 0.741. The van der Waals surface area contributed by atoms with Gasteiger partial charge in [0.2, 0.25) is 5.91 Å². The summed E-state index contributed by atoms with van der Waals surface area (Å²) >= 11 is 0. The lowest BCUT2D eigenvalue weighted by molar-refractivity contribution is -0.130. The van der Waals surface area contributed by atoms with Gasteiger partial charge in [-0.15, -0.1) is 0 Å². The van der Waals surface area contributed by atoms with Crippen molar-refractivity contribution in [2.75, 3.05) is 32.1 Å². The summed E-state index contributed by atoms with van der Waals surface area (Å²) in [4.78, 5) is 16.8. The number of ether oxygens (including phenoxy) is 1. The molecule has 1 aliphatic rings. The van der Waals surface area contributed by atoms with Crippen molar-refractivity contribution in [1.29, 1.82) is 0 Å². The van der Waals surface area contributed by atoms with Gasteiger partial charge in [0.15, 0.2) is 5.82 Å². The van der Waals surface area contributed by atoms with Crippen molar-refractivity contribution in [2.24, 2.45) is 5.41 Å². The molecule has 1 fully saturated rings. The summed E-state index contributed by atoms with van der Waals surface area (Å²) in [6, 6.07) is 5.83. The number of piperidine rings is 1. The first kappa shape index (κ1) is 17.6. The number of nitrogens with zero attached hydrogens (tertiary/aromatic N) is 3. The van der Waals surface area contributed by atoms with Crippen LogP contribution >= 0.6 is 0 Å². The average molecular weight is 343 g/mol. The molecule has 1 amide bonds. The number of nitrogens with one attached hydrogen (secondary N) is 2. The predicted octanol–water partition coefficient (Wildman–Crippen LogP) is 1.48. The van der Waals surface area contributed by atoms with E-state index in [1.165, 1.54) is 5.56 Å². The maximum Gasteiger partial charge on any atom is 0.234 e. The van der Waals surface area contributed by atoms with Crippen molar-refractivity contribution in [2.45, 2.75) is 25.8 Å². The van der Waals surface area contributed by atoms with Crippen LogP contribution in [-0.2, 0) is 22.5 Å². The number of carbonyl (C=O) groups excluding carboxylic acids is 1. The molecule has 2 N–H and O–H groups in total. The third kappa shape index (κ3) is 4.43. The van der Waals surface area contributed by atoms with Gasteiger partial charge in [0.1, 0.15) is 0 Å². The van der Waals surface area contributed by atoms with E-state index in [4.69, 9.17) is 4.74 Å². The first-order valence-corrected chi connectivity index (χ1v) is 8.65. The van der Waals surface area contributed by atoms with Crippen LogP contribution in [0.5, 0.6) is 0 Å². The molecule has 0 radical (unpaired) electrons. The number of pyridine rings is 1. The molecule has 0 unspecified atom stereocenters. The van der Waals surface area contributed by atoms with E-state index >= 15 is 0 Å². The molecule has 2 aromatic rings. The third-order valence-corrected chi connectivity index (χ3v) is 4.72. The Labute approximate surface area is 147 Å². The minimum atomic E-state index is -0.471. The molecular weight excluding hydrogens is 318 g/mol. The Hall–Kier alpha value is -2.25. The van der Waals surface area contributed by atoms with Crippen LogP contribution in [0.2, 0.25) is 0 Å². The summed E-state index contributed by atoms with van der Waals surface area (Å²) in [6.07, 6.45) is 7.89. The number of aryl methyl sites for hydroxylation is 2. The summed E-state index contributed by atoms with van der Waals surface area (Å²) in [5, 5.41) is 10.7. The Morgan fingerprint density at radius 1 is 1.32 bits per heavy atom. The van der Waals surface area contributed by atoms with Gasteiger partial charge < -0.3 is 15.4 Å². The van der Waals surface area contributed by atoms with E-state index in [2.05, 4.69) is 20.7 Å². The lowest BCUT2D eigenvalue weighted by Gasteiger charge is -2.35. The van der Waals surface area contributed by atoms with Crippen LogP contribution in [0.1, 0.15) is 18.4 Å². The van der Waals surface area contributed by atoms with E-state index in [0.29, 0.717) is 12.4 Å². The maximum absolute atomic E-state index is 12.8. The van der Waals surface area contributed by atoms with Crippen LogP contribution in [0.3, 0.4) is 0 Å². The minimum Gasteiger partial charge on any atom is -0.384 e. The Kier molecular flexibility index (Phi) is 5.78. The van der Waals surface area contributed by atoms with Gasteiger partial charge in [-0.05, 0) is 50.0 Å². The van der Waals surface area contributed by atoms with Crippen molar-refractivity contribution in [1.82, 2.24) is 20.1 Å². The quantitative estimate of drug-likeness (QED) is 0.796. The number of hydrogen-bond donors (Lipinski definition) is 2. The highest BCUT2D eigenvalue weighted by Gasteiger charge is 2.39. The highest BCUT2D eigenvalue weighted by atomic mass is 16.5. The van der Waals surface area contributed by atoms with Gasteiger partial charge in [-0.1, -0.05) is 0 Å². The molecule has 3 heterocycles. The van der Waals surface area contributed by atoms with E-state index in [0.717, 1.165) is 38.9 Å².